The molecule has 0 N–H and O–H groups in total. The molecule has 0 heteroatoms. The van der Waals surface area contributed by atoms with Crippen LogP contribution >= 0.6 is 0 Å². The quantitative estimate of drug-likeness (QED) is 0.0711. The smallest absolute Gasteiger partial charge is 0.0100 e. The highest BCUT2D eigenvalue weighted by molar-refractivity contribution is 5.83. The van der Waals surface area contributed by atoms with Gasteiger partial charge in [-0.05, 0) is 146 Å². The highest BCUT2D eigenvalue weighted by Gasteiger charge is 2.06. The molecule has 0 heterocycles. The van der Waals surface area contributed by atoms with Gasteiger partial charge in [0.1, 0.15) is 0 Å². The first kappa shape index (κ1) is 62.0. The van der Waals surface area contributed by atoms with Crippen molar-refractivity contribution in [3.8, 4) is 0 Å². The molecule has 0 saturated heterocycles. The molecule has 0 aliphatic rings. The fraction of sp³-hybridized carbons (Fsp3) is 0.324. The third-order valence-corrected chi connectivity index (χ3v) is 10.8. The summed E-state index contributed by atoms with van der Waals surface area (Å²) in [4.78, 5) is 0. The Labute approximate surface area is 419 Å². The molecule has 0 spiro atoms. The SMILES string of the molecule is C=C(C)c1ccc(C(=Cc2cc(C)ccc2C)CCCC)cc1.C=CC.C=CCc1ccccc1.CC.CC.CCCCC(=Cc1ccccc1C)c1ccc(CC)cc1.CCc1ccccc1. The van der Waals surface area contributed by atoms with Crippen LogP contribution in [0.3, 0.4) is 0 Å². The van der Waals surface area contributed by atoms with Gasteiger partial charge in [0.25, 0.3) is 0 Å². The molecule has 0 unspecified atom stereocenters. The first-order valence-electron chi connectivity index (χ1n) is 25.7. The molecule has 0 radical (unpaired) electrons. The first-order chi connectivity index (χ1) is 33.0. The lowest BCUT2D eigenvalue weighted by atomic mass is 9.94. The van der Waals surface area contributed by atoms with E-state index in [1.807, 2.05) is 65.0 Å². The third kappa shape index (κ3) is 26.4. The number of hydrogen-bond donors (Lipinski definition) is 0. The fourth-order valence-electron chi connectivity index (χ4n) is 6.79. The van der Waals surface area contributed by atoms with Crippen molar-refractivity contribution < 1.29 is 0 Å². The van der Waals surface area contributed by atoms with E-state index in [0.29, 0.717) is 0 Å². The Morgan fingerprint density at radius 2 is 0.868 bits per heavy atom. The van der Waals surface area contributed by atoms with Gasteiger partial charge in [-0.25, -0.2) is 0 Å². The Bertz CT molecular complexity index is 2240. The molecule has 0 saturated carbocycles. The van der Waals surface area contributed by atoms with Gasteiger partial charge >= 0.3 is 0 Å². The first-order valence-corrected chi connectivity index (χ1v) is 25.7. The Hall–Kier alpha value is -5.98. The molecule has 0 atom stereocenters. The molecule has 0 aromatic heterocycles. The average Bonchev–Trinajstić information content (AvgIpc) is 3.38. The summed E-state index contributed by atoms with van der Waals surface area (Å²) in [6.07, 6.45) is 18.8. The van der Waals surface area contributed by atoms with Gasteiger partial charge in [-0.2, -0.15) is 0 Å². The molecule has 0 fully saturated rings. The van der Waals surface area contributed by atoms with Crippen molar-refractivity contribution in [2.75, 3.05) is 0 Å². The van der Waals surface area contributed by atoms with Crippen LogP contribution in [-0.4, -0.2) is 0 Å². The molecule has 6 aromatic carbocycles. The van der Waals surface area contributed by atoms with Gasteiger partial charge in [0.05, 0.1) is 0 Å². The largest absolute Gasteiger partial charge is 0.103 e. The molecule has 0 bridgehead atoms. The lowest BCUT2D eigenvalue weighted by molar-refractivity contribution is 0.825. The summed E-state index contributed by atoms with van der Waals surface area (Å²) in [6, 6.07) is 53.9. The van der Waals surface area contributed by atoms with E-state index in [4.69, 9.17) is 0 Å². The summed E-state index contributed by atoms with van der Waals surface area (Å²) in [5.74, 6) is 0. The van der Waals surface area contributed by atoms with E-state index < -0.39 is 0 Å². The average molecular weight is 909 g/mol. The van der Waals surface area contributed by atoms with Crippen LogP contribution in [0.1, 0.15) is 169 Å². The lowest BCUT2D eigenvalue weighted by Gasteiger charge is -2.11. The zero-order chi connectivity index (χ0) is 51.0. The fourth-order valence-corrected chi connectivity index (χ4v) is 6.79. The maximum Gasteiger partial charge on any atom is -0.0100 e. The van der Waals surface area contributed by atoms with Gasteiger partial charge in [-0.1, -0.05) is 262 Å². The van der Waals surface area contributed by atoms with Crippen molar-refractivity contribution >= 4 is 28.9 Å². The van der Waals surface area contributed by atoms with E-state index in [0.717, 1.165) is 37.7 Å². The lowest BCUT2D eigenvalue weighted by Crippen LogP contribution is -1.89. The standard InChI is InChI=1S/C23H28.C21H26.C9H10.C8H10.C3H6.2C2H6/c1-6-7-8-22(16-23-15-18(4)9-10-19(23)5)21-13-11-20(12-14-21)17(2)3;1-4-6-10-21(16-20-11-8-7-9-17(20)3)19-14-12-18(5-2)13-15-19;1-2-6-9-7-4-3-5-8-9;1-2-8-6-4-3-5-7-8;1-3-2;2*1-2/h9-16H,2,6-8H2,1,3-5H3;7-9,11-16H,4-6,10H2,1-3H3;2-5,7-8H,1,6H2;3-7H,2H2,1H3;3H,1H2,2H3;2*1-2H3. The van der Waals surface area contributed by atoms with Crippen LogP contribution in [0, 0.1) is 20.8 Å². The molecule has 0 aliphatic heterocycles. The van der Waals surface area contributed by atoms with Gasteiger partial charge in [0.2, 0.25) is 0 Å². The molecular weight excluding hydrogens is 817 g/mol. The minimum absolute atomic E-state index is 0.973. The Kier molecular flexibility index (Phi) is 36.6. The minimum Gasteiger partial charge on any atom is -0.103 e. The van der Waals surface area contributed by atoms with Crippen molar-refractivity contribution in [1.29, 1.82) is 0 Å². The normalized spacial score (nSPS) is 10.1. The summed E-state index contributed by atoms with van der Waals surface area (Å²) in [6.45, 7) is 38.4. The van der Waals surface area contributed by atoms with Crippen molar-refractivity contribution in [3.63, 3.8) is 0 Å². The number of allylic oxidation sites excluding steroid dienone is 5. The zero-order valence-electron chi connectivity index (χ0n) is 45.2. The Morgan fingerprint density at radius 1 is 0.471 bits per heavy atom. The van der Waals surface area contributed by atoms with E-state index in [-0.39, 0.29) is 0 Å². The predicted octanol–water partition coefficient (Wildman–Crippen LogP) is 21.3. The number of benzene rings is 6. The van der Waals surface area contributed by atoms with Crippen LogP contribution in [0.4, 0.5) is 0 Å². The Balaban J connectivity index is 0.000000903. The van der Waals surface area contributed by atoms with Crippen molar-refractivity contribution in [2.24, 2.45) is 0 Å². The number of aryl methyl sites for hydroxylation is 5. The summed E-state index contributed by atoms with van der Waals surface area (Å²) >= 11 is 0. The van der Waals surface area contributed by atoms with E-state index in [1.165, 1.54) is 98.0 Å². The third-order valence-electron chi connectivity index (χ3n) is 10.8. The summed E-state index contributed by atoms with van der Waals surface area (Å²) in [7, 11) is 0. The van der Waals surface area contributed by atoms with Gasteiger partial charge < -0.3 is 0 Å². The molecule has 68 heavy (non-hydrogen) atoms. The van der Waals surface area contributed by atoms with Crippen LogP contribution in [0.15, 0.2) is 184 Å². The summed E-state index contributed by atoms with van der Waals surface area (Å²) < 4.78 is 0. The van der Waals surface area contributed by atoms with Gasteiger partial charge in [0, 0.05) is 0 Å². The van der Waals surface area contributed by atoms with Crippen LogP contribution in [-0.2, 0) is 19.3 Å². The molecule has 6 rings (SSSR count). The maximum absolute atomic E-state index is 4.02. The predicted molar refractivity (Wildman–Crippen MR) is 314 cm³/mol. The van der Waals surface area contributed by atoms with Crippen molar-refractivity contribution in [2.45, 2.75) is 148 Å². The van der Waals surface area contributed by atoms with Crippen LogP contribution < -0.4 is 0 Å². The highest BCUT2D eigenvalue weighted by atomic mass is 14.1. The van der Waals surface area contributed by atoms with Crippen LogP contribution in [0.25, 0.3) is 28.9 Å². The van der Waals surface area contributed by atoms with Gasteiger partial charge in [-0.15, -0.1) is 13.2 Å². The second-order valence-corrected chi connectivity index (χ2v) is 16.4. The minimum atomic E-state index is 0.973. The van der Waals surface area contributed by atoms with Crippen LogP contribution in [0.2, 0.25) is 0 Å². The number of unbranched alkanes of at least 4 members (excludes halogenated alkanes) is 2. The second kappa shape index (κ2) is 40.1. The Morgan fingerprint density at radius 3 is 1.29 bits per heavy atom. The topological polar surface area (TPSA) is 0 Å². The van der Waals surface area contributed by atoms with Gasteiger partial charge in [0.15, 0.2) is 0 Å². The highest BCUT2D eigenvalue weighted by Crippen LogP contribution is 2.28. The van der Waals surface area contributed by atoms with E-state index in [2.05, 4.69) is 215 Å². The van der Waals surface area contributed by atoms with Crippen LogP contribution in [0.5, 0.6) is 0 Å². The molecule has 0 nitrogen and oxygen atoms in total. The molecule has 364 valence electrons. The van der Waals surface area contributed by atoms with Crippen molar-refractivity contribution in [3.05, 3.63) is 245 Å². The molecule has 6 aromatic rings. The monoisotopic (exact) mass is 909 g/mol. The number of rotatable bonds is 15. The van der Waals surface area contributed by atoms with E-state index in [1.54, 1.807) is 6.08 Å². The van der Waals surface area contributed by atoms with E-state index >= 15 is 0 Å². The summed E-state index contributed by atoms with van der Waals surface area (Å²) in [5.41, 5.74) is 18.7. The van der Waals surface area contributed by atoms with Gasteiger partial charge in [-0.3, -0.25) is 0 Å². The summed E-state index contributed by atoms with van der Waals surface area (Å²) in [5, 5.41) is 0. The zero-order valence-corrected chi connectivity index (χ0v) is 45.2. The molecule has 0 aliphatic carbocycles. The number of hydrogen-bond acceptors (Lipinski definition) is 0. The van der Waals surface area contributed by atoms with E-state index in [9.17, 15) is 0 Å². The molecule has 0 amide bonds. The molecular formula is C68H92. The second-order valence-electron chi connectivity index (χ2n) is 16.4. The maximum atomic E-state index is 4.02. The van der Waals surface area contributed by atoms with Crippen molar-refractivity contribution in [1.82, 2.24) is 0 Å².